The number of carbonyl (C=O) groups excluding carboxylic acids is 2. The van der Waals surface area contributed by atoms with E-state index in [1.165, 1.54) is 23.9 Å². The number of nitrogens with zero attached hydrogens (tertiary/aromatic N) is 3. The van der Waals surface area contributed by atoms with Gasteiger partial charge in [-0.05, 0) is 79.6 Å². The van der Waals surface area contributed by atoms with E-state index in [2.05, 4.69) is 20.8 Å². The number of thioether (sulfide) groups is 1. The maximum absolute atomic E-state index is 13.6. The number of benzene rings is 3. The molecule has 1 heterocycles. The third-order valence-corrected chi connectivity index (χ3v) is 6.68. The van der Waals surface area contributed by atoms with Crippen LogP contribution in [-0.4, -0.2) is 39.4 Å². The van der Waals surface area contributed by atoms with Crippen molar-refractivity contribution in [2.75, 3.05) is 18.2 Å². The first-order valence-electron chi connectivity index (χ1n) is 11.5. The van der Waals surface area contributed by atoms with Crippen LogP contribution in [0.3, 0.4) is 0 Å². The predicted octanol–water partition coefficient (Wildman–Crippen LogP) is 4.69. The average molecular weight is 520 g/mol. The molecule has 10 heteroatoms. The number of amides is 2. The van der Waals surface area contributed by atoms with E-state index in [1.54, 1.807) is 48.1 Å². The highest BCUT2D eigenvalue weighted by atomic mass is 32.2. The molecule has 3 aromatic carbocycles. The van der Waals surface area contributed by atoms with Gasteiger partial charge >= 0.3 is 0 Å². The molecule has 0 unspecified atom stereocenters. The zero-order valence-electron chi connectivity index (χ0n) is 20.6. The highest BCUT2D eigenvalue weighted by Crippen LogP contribution is 2.24. The SMILES string of the molecule is COc1ccc(C(=O)NCc2nnc(SCC(=O)Nc3cccc(C)c3C)n2-c2ccc(F)cc2)cc1. The zero-order valence-corrected chi connectivity index (χ0v) is 21.4. The molecule has 1 aromatic heterocycles. The molecule has 4 aromatic rings. The molecule has 8 nitrogen and oxygen atoms in total. The maximum atomic E-state index is 13.6. The molecule has 0 spiro atoms. The number of halogens is 1. The Morgan fingerprint density at radius 1 is 1.00 bits per heavy atom. The number of aryl methyl sites for hydroxylation is 1. The number of methoxy groups -OCH3 is 1. The molecule has 190 valence electrons. The van der Waals surface area contributed by atoms with Gasteiger partial charge < -0.3 is 15.4 Å². The minimum absolute atomic E-state index is 0.0739. The van der Waals surface area contributed by atoms with E-state index in [-0.39, 0.29) is 29.9 Å². The van der Waals surface area contributed by atoms with Crippen molar-refractivity contribution in [1.29, 1.82) is 0 Å². The average Bonchev–Trinajstić information content (AvgIpc) is 3.32. The van der Waals surface area contributed by atoms with Crippen molar-refractivity contribution in [3.63, 3.8) is 0 Å². The molecular formula is C27H26FN5O3S. The van der Waals surface area contributed by atoms with Crippen LogP contribution < -0.4 is 15.4 Å². The van der Waals surface area contributed by atoms with Gasteiger partial charge in [-0.2, -0.15) is 0 Å². The van der Waals surface area contributed by atoms with Crippen LogP contribution in [0.25, 0.3) is 5.69 Å². The normalized spacial score (nSPS) is 10.7. The fourth-order valence-electron chi connectivity index (χ4n) is 3.56. The quantitative estimate of drug-likeness (QED) is 0.311. The third kappa shape index (κ3) is 6.34. The van der Waals surface area contributed by atoms with E-state index < -0.39 is 0 Å². The molecule has 0 aliphatic heterocycles. The predicted molar refractivity (Wildman–Crippen MR) is 141 cm³/mol. The van der Waals surface area contributed by atoms with Gasteiger partial charge in [-0.15, -0.1) is 10.2 Å². The van der Waals surface area contributed by atoms with Gasteiger partial charge in [-0.3, -0.25) is 14.2 Å². The van der Waals surface area contributed by atoms with Crippen molar-refractivity contribution in [2.24, 2.45) is 0 Å². The Bertz CT molecular complexity index is 1400. The fourth-order valence-corrected chi connectivity index (χ4v) is 4.34. The Morgan fingerprint density at radius 2 is 1.73 bits per heavy atom. The summed E-state index contributed by atoms with van der Waals surface area (Å²) in [5, 5.41) is 14.7. The number of aromatic nitrogens is 3. The van der Waals surface area contributed by atoms with Crippen LogP contribution in [0.5, 0.6) is 5.75 Å². The van der Waals surface area contributed by atoms with Crippen LogP contribution in [0.4, 0.5) is 10.1 Å². The Morgan fingerprint density at radius 3 is 2.43 bits per heavy atom. The highest BCUT2D eigenvalue weighted by molar-refractivity contribution is 7.99. The molecular weight excluding hydrogens is 493 g/mol. The van der Waals surface area contributed by atoms with Crippen LogP contribution in [0.2, 0.25) is 0 Å². The lowest BCUT2D eigenvalue weighted by Gasteiger charge is -2.12. The summed E-state index contributed by atoms with van der Waals surface area (Å²) in [6, 6.07) is 18.3. The van der Waals surface area contributed by atoms with Crippen LogP contribution in [-0.2, 0) is 11.3 Å². The van der Waals surface area contributed by atoms with Gasteiger partial charge in [0.1, 0.15) is 11.6 Å². The highest BCUT2D eigenvalue weighted by Gasteiger charge is 2.18. The van der Waals surface area contributed by atoms with Crippen molar-refractivity contribution < 1.29 is 18.7 Å². The number of anilines is 1. The second kappa shape index (κ2) is 11.7. The largest absolute Gasteiger partial charge is 0.497 e. The lowest BCUT2D eigenvalue weighted by atomic mass is 10.1. The summed E-state index contributed by atoms with van der Waals surface area (Å²) in [6.45, 7) is 4.01. The van der Waals surface area contributed by atoms with Crippen molar-refractivity contribution in [3.8, 4) is 11.4 Å². The number of hydrogen-bond donors (Lipinski definition) is 2. The van der Waals surface area contributed by atoms with E-state index in [9.17, 15) is 14.0 Å². The standard InChI is InChI=1S/C27H26FN5O3S/c1-17-5-4-6-23(18(17)2)30-25(34)16-37-27-32-31-24(33(27)21-11-9-20(28)10-12-21)15-29-26(35)19-7-13-22(36-3)14-8-19/h4-14H,15-16H2,1-3H3,(H,29,35)(H,30,34). The van der Waals surface area contributed by atoms with E-state index in [4.69, 9.17) is 4.74 Å². The fraction of sp³-hybridized carbons (Fsp3) is 0.185. The number of hydrogen-bond acceptors (Lipinski definition) is 6. The van der Waals surface area contributed by atoms with Crippen molar-refractivity contribution in [3.05, 3.63) is 95.1 Å². The second-order valence-corrected chi connectivity index (χ2v) is 9.15. The van der Waals surface area contributed by atoms with Crippen molar-refractivity contribution in [1.82, 2.24) is 20.1 Å². The summed E-state index contributed by atoms with van der Waals surface area (Å²) in [5.41, 5.74) is 3.92. The first kappa shape index (κ1) is 25.9. The molecule has 4 rings (SSSR count). The molecule has 37 heavy (non-hydrogen) atoms. The maximum Gasteiger partial charge on any atom is 0.251 e. The van der Waals surface area contributed by atoms with Crippen molar-refractivity contribution in [2.45, 2.75) is 25.5 Å². The monoisotopic (exact) mass is 519 g/mol. The summed E-state index contributed by atoms with van der Waals surface area (Å²) < 4.78 is 20.4. The van der Waals surface area contributed by atoms with Gasteiger partial charge in [0.05, 0.1) is 19.4 Å². The smallest absolute Gasteiger partial charge is 0.251 e. The van der Waals surface area contributed by atoms with Gasteiger partial charge in [0.15, 0.2) is 11.0 Å². The lowest BCUT2D eigenvalue weighted by Crippen LogP contribution is -2.24. The minimum atomic E-state index is -0.381. The van der Waals surface area contributed by atoms with Gasteiger partial charge in [-0.25, -0.2) is 4.39 Å². The van der Waals surface area contributed by atoms with E-state index in [0.29, 0.717) is 28.0 Å². The first-order valence-corrected chi connectivity index (χ1v) is 12.5. The summed E-state index contributed by atoms with van der Waals surface area (Å²) in [6.07, 6.45) is 0. The van der Waals surface area contributed by atoms with Gasteiger partial charge in [-0.1, -0.05) is 23.9 Å². The minimum Gasteiger partial charge on any atom is -0.497 e. The number of carbonyl (C=O) groups is 2. The summed E-state index contributed by atoms with van der Waals surface area (Å²) in [4.78, 5) is 25.3. The number of ether oxygens (including phenoxy) is 1. The molecule has 0 bridgehead atoms. The Labute approximate surface area is 218 Å². The topological polar surface area (TPSA) is 98.1 Å². The molecule has 0 saturated carbocycles. The second-order valence-electron chi connectivity index (χ2n) is 8.21. The first-order chi connectivity index (χ1) is 17.9. The Hall–Kier alpha value is -4.18. The van der Waals surface area contributed by atoms with E-state index >= 15 is 0 Å². The van der Waals surface area contributed by atoms with E-state index in [0.717, 1.165) is 16.8 Å². The zero-order chi connectivity index (χ0) is 26.4. The van der Waals surface area contributed by atoms with Crippen molar-refractivity contribution >= 4 is 29.3 Å². The van der Waals surface area contributed by atoms with Crippen LogP contribution in [0, 0.1) is 19.7 Å². The third-order valence-electron chi connectivity index (χ3n) is 5.76. The molecule has 0 saturated heterocycles. The number of nitrogens with one attached hydrogen (secondary N) is 2. The Balaban J connectivity index is 1.49. The van der Waals surface area contributed by atoms with Crippen LogP contribution in [0.1, 0.15) is 27.3 Å². The van der Waals surface area contributed by atoms with Gasteiger partial charge in [0.2, 0.25) is 5.91 Å². The number of rotatable bonds is 9. The summed E-state index contributed by atoms with van der Waals surface area (Å²) in [5.74, 6) is 0.306. The van der Waals surface area contributed by atoms with Crippen LogP contribution >= 0.6 is 11.8 Å². The molecule has 0 fully saturated rings. The van der Waals surface area contributed by atoms with Crippen LogP contribution in [0.15, 0.2) is 71.9 Å². The molecule has 0 aliphatic rings. The van der Waals surface area contributed by atoms with E-state index in [1.807, 2.05) is 32.0 Å². The molecule has 0 radical (unpaired) electrons. The summed E-state index contributed by atoms with van der Waals surface area (Å²) >= 11 is 1.20. The summed E-state index contributed by atoms with van der Waals surface area (Å²) in [7, 11) is 1.56. The van der Waals surface area contributed by atoms with Gasteiger partial charge in [0.25, 0.3) is 5.91 Å². The molecule has 0 aliphatic carbocycles. The molecule has 2 amide bonds. The molecule has 0 atom stereocenters. The van der Waals surface area contributed by atoms with Gasteiger partial charge in [0, 0.05) is 16.9 Å². The Kier molecular flexibility index (Phi) is 8.19. The lowest BCUT2D eigenvalue weighted by molar-refractivity contribution is -0.113. The molecule has 2 N–H and O–H groups in total.